The van der Waals surface area contributed by atoms with E-state index in [0.29, 0.717) is 6.42 Å². The maximum atomic E-state index is 12.1. The molecule has 1 aromatic rings. The highest BCUT2D eigenvalue weighted by Gasteiger charge is 2.27. The van der Waals surface area contributed by atoms with Crippen LogP contribution in [0, 0.1) is 0 Å². The van der Waals surface area contributed by atoms with Gasteiger partial charge in [0, 0.05) is 6.54 Å². The van der Waals surface area contributed by atoms with Crippen molar-refractivity contribution in [2.45, 2.75) is 25.3 Å². The van der Waals surface area contributed by atoms with E-state index in [1.165, 1.54) is 0 Å². The fraction of sp³-hybridized carbons (Fsp3) is 0.500. The Morgan fingerprint density at radius 2 is 2.17 bits per heavy atom. The molecule has 1 aliphatic heterocycles. The van der Waals surface area contributed by atoms with E-state index in [0.717, 1.165) is 30.7 Å². The summed E-state index contributed by atoms with van der Waals surface area (Å²) in [7, 11) is 1.62. The van der Waals surface area contributed by atoms with E-state index in [1.54, 1.807) is 12.0 Å². The van der Waals surface area contributed by atoms with Crippen molar-refractivity contribution >= 4 is 5.91 Å². The van der Waals surface area contributed by atoms with E-state index in [2.05, 4.69) is 0 Å². The summed E-state index contributed by atoms with van der Waals surface area (Å²) >= 11 is 0. The second-order valence-electron chi connectivity index (χ2n) is 4.59. The van der Waals surface area contributed by atoms with Crippen molar-refractivity contribution < 1.29 is 14.6 Å². The second-order valence-corrected chi connectivity index (χ2v) is 4.59. The van der Waals surface area contributed by atoms with Crippen LogP contribution in [-0.4, -0.2) is 42.2 Å². The monoisotopic (exact) mass is 249 g/mol. The number of aliphatic hydroxyl groups is 1. The first-order chi connectivity index (χ1) is 8.74. The van der Waals surface area contributed by atoms with Gasteiger partial charge in [-0.1, -0.05) is 12.1 Å². The third kappa shape index (κ3) is 2.82. The van der Waals surface area contributed by atoms with Crippen LogP contribution in [0.25, 0.3) is 0 Å². The Balaban J connectivity index is 1.97. The molecule has 1 saturated heterocycles. The number of ether oxygens (including phenoxy) is 1. The van der Waals surface area contributed by atoms with Crippen LogP contribution in [-0.2, 0) is 11.2 Å². The van der Waals surface area contributed by atoms with E-state index in [1.807, 2.05) is 24.3 Å². The maximum Gasteiger partial charge on any atom is 0.227 e. The number of hydrogen-bond donors (Lipinski definition) is 1. The third-order valence-electron chi connectivity index (χ3n) is 3.42. The highest BCUT2D eigenvalue weighted by Crippen LogP contribution is 2.19. The first kappa shape index (κ1) is 12.9. The molecule has 4 nitrogen and oxygen atoms in total. The number of amides is 1. The molecular formula is C14H19NO3. The number of benzene rings is 1. The van der Waals surface area contributed by atoms with Gasteiger partial charge in [0.15, 0.2) is 0 Å². The lowest BCUT2D eigenvalue weighted by molar-refractivity contribution is -0.131. The van der Waals surface area contributed by atoms with Crippen LogP contribution in [0.2, 0.25) is 0 Å². The van der Waals surface area contributed by atoms with Crippen LogP contribution >= 0.6 is 0 Å². The lowest BCUT2D eigenvalue weighted by Crippen LogP contribution is -2.38. The number of likely N-dealkylation sites (tertiary alicyclic amines) is 1. The summed E-state index contributed by atoms with van der Waals surface area (Å²) in [5, 5.41) is 9.21. The molecular weight excluding hydrogens is 230 g/mol. The molecule has 0 radical (unpaired) electrons. The van der Waals surface area contributed by atoms with Crippen LogP contribution in [0.3, 0.4) is 0 Å². The third-order valence-corrected chi connectivity index (χ3v) is 3.42. The van der Waals surface area contributed by atoms with Crippen LogP contribution in [0.4, 0.5) is 0 Å². The quantitative estimate of drug-likeness (QED) is 0.873. The van der Waals surface area contributed by atoms with Gasteiger partial charge in [0.2, 0.25) is 5.91 Å². The van der Waals surface area contributed by atoms with E-state index in [4.69, 9.17) is 4.74 Å². The first-order valence-corrected chi connectivity index (χ1v) is 6.28. The van der Waals surface area contributed by atoms with Crippen molar-refractivity contribution in [2.24, 2.45) is 0 Å². The van der Waals surface area contributed by atoms with E-state index in [-0.39, 0.29) is 18.6 Å². The molecule has 0 spiro atoms. The van der Waals surface area contributed by atoms with Crippen molar-refractivity contribution in [3.8, 4) is 5.75 Å². The second kappa shape index (κ2) is 5.87. The number of carbonyl (C=O) groups is 1. The van der Waals surface area contributed by atoms with Crippen LogP contribution in [0.5, 0.6) is 5.75 Å². The molecule has 1 aromatic carbocycles. The van der Waals surface area contributed by atoms with Gasteiger partial charge in [0.25, 0.3) is 0 Å². The average Bonchev–Trinajstić information content (AvgIpc) is 2.88. The molecule has 1 N–H and O–H groups in total. The zero-order chi connectivity index (χ0) is 13.0. The minimum Gasteiger partial charge on any atom is -0.497 e. The smallest absolute Gasteiger partial charge is 0.227 e. The predicted molar refractivity (Wildman–Crippen MR) is 68.5 cm³/mol. The minimum atomic E-state index is 0.00995. The van der Waals surface area contributed by atoms with Gasteiger partial charge in [-0.25, -0.2) is 0 Å². The first-order valence-electron chi connectivity index (χ1n) is 6.28. The number of nitrogens with zero attached hydrogens (tertiary/aromatic N) is 1. The maximum absolute atomic E-state index is 12.1. The number of hydrogen-bond acceptors (Lipinski definition) is 3. The van der Waals surface area contributed by atoms with Crippen LogP contribution in [0.15, 0.2) is 24.3 Å². The van der Waals surface area contributed by atoms with Gasteiger partial charge in [-0.05, 0) is 30.5 Å². The number of aliphatic hydroxyl groups excluding tert-OH is 1. The molecule has 2 rings (SSSR count). The SMILES string of the molecule is COc1ccc(CC(=O)N2CCCC2CO)cc1. The van der Waals surface area contributed by atoms with Gasteiger partial charge in [-0.2, -0.15) is 0 Å². The Kier molecular flexibility index (Phi) is 4.20. The molecule has 0 bridgehead atoms. The molecule has 1 fully saturated rings. The summed E-state index contributed by atoms with van der Waals surface area (Å²) in [6, 6.07) is 7.53. The lowest BCUT2D eigenvalue weighted by atomic mass is 10.1. The molecule has 18 heavy (non-hydrogen) atoms. The highest BCUT2D eigenvalue weighted by atomic mass is 16.5. The Morgan fingerprint density at radius 3 is 2.78 bits per heavy atom. The van der Waals surface area contributed by atoms with Crippen molar-refractivity contribution in [3.63, 3.8) is 0 Å². The molecule has 4 heteroatoms. The minimum absolute atomic E-state index is 0.00995. The fourth-order valence-corrected chi connectivity index (χ4v) is 2.37. The molecule has 98 valence electrons. The number of methoxy groups -OCH3 is 1. The van der Waals surface area contributed by atoms with Gasteiger partial charge in [-0.15, -0.1) is 0 Å². The van der Waals surface area contributed by atoms with Crippen molar-refractivity contribution in [3.05, 3.63) is 29.8 Å². The van der Waals surface area contributed by atoms with E-state index >= 15 is 0 Å². The summed E-state index contributed by atoms with van der Waals surface area (Å²) < 4.78 is 5.08. The molecule has 1 aliphatic rings. The Morgan fingerprint density at radius 1 is 1.44 bits per heavy atom. The molecule has 1 heterocycles. The van der Waals surface area contributed by atoms with Gasteiger partial charge in [0.05, 0.1) is 26.2 Å². The number of rotatable bonds is 4. The van der Waals surface area contributed by atoms with Gasteiger partial charge in [0.1, 0.15) is 5.75 Å². The lowest BCUT2D eigenvalue weighted by Gasteiger charge is -2.23. The van der Waals surface area contributed by atoms with Crippen molar-refractivity contribution in [1.29, 1.82) is 0 Å². The summed E-state index contributed by atoms with van der Waals surface area (Å²) in [6.07, 6.45) is 2.28. The van der Waals surface area contributed by atoms with Crippen molar-refractivity contribution in [2.75, 3.05) is 20.3 Å². The van der Waals surface area contributed by atoms with Gasteiger partial charge >= 0.3 is 0 Å². The summed E-state index contributed by atoms with van der Waals surface area (Å²) in [5.74, 6) is 0.886. The molecule has 1 unspecified atom stereocenters. The zero-order valence-electron chi connectivity index (χ0n) is 10.6. The van der Waals surface area contributed by atoms with E-state index in [9.17, 15) is 9.90 Å². The molecule has 1 amide bonds. The largest absolute Gasteiger partial charge is 0.497 e. The zero-order valence-corrected chi connectivity index (χ0v) is 10.6. The number of carbonyl (C=O) groups excluding carboxylic acids is 1. The Hall–Kier alpha value is -1.55. The Bertz CT molecular complexity index is 402. The fourth-order valence-electron chi connectivity index (χ4n) is 2.37. The Labute approximate surface area is 107 Å². The highest BCUT2D eigenvalue weighted by molar-refractivity contribution is 5.79. The van der Waals surface area contributed by atoms with E-state index < -0.39 is 0 Å². The van der Waals surface area contributed by atoms with Gasteiger partial charge in [-0.3, -0.25) is 4.79 Å². The topological polar surface area (TPSA) is 49.8 Å². The van der Waals surface area contributed by atoms with Crippen molar-refractivity contribution in [1.82, 2.24) is 4.90 Å². The van der Waals surface area contributed by atoms with Crippen LogP contribution < -0.4 is 4.74 Å². The molecule has 0 aliphatic carbocycles. The normalized spacial score (nSPS) is 19.0. The standard InChI is InChI=1S/C14H19NO3/c1-18-13-6-4-11(5-7-13)9-14(17)15-8-2-3-12(15)10-16/h4-7,12,16H,2-3,8-10H2,1H3. The molecule has 0 saturated carbocycles. The summed E-state index contributed by atoms with van der Waals surface area (Å²) in [5.41, 5.74) is 0.976. The summed E-state index contributed by atoms with van der Waals surface area (Å²) in [4.78, 5) is 13.9. The molecule has 0 aromatic heterocycles. The average molecular weight is 249 g/mol. The van der Waals surface area contributed by atoms with Crippen LogP contribution in [0.1, 0.15) is 18.4 Å². The molecule has 1 atom stereocenters. The van der Waals surface area contributed by atoms with Gasteiger partial charge < -0.3 is 14.7 Å². The summed E-state index contributed by atoms with van der Waals surface area (Å²) in [6.45, 7) is 0.828. The predicted octanol–water partition coefficient (Wildman–Crippen LogP) is 1.22.